The summed E-state index contributed by atoms with van der Waals surface area (Å²) in [4.78, 5) is 28.2. The first-order chi connectivity index (χ1) is 14.4. The van der Waals surface area contributed by atoms with Gasteiger partial charge in [0.05, 0.1) is 25.2 Å². The van der Waals surface area contributed by atoms with Gasteiger partial charge in [-0.25, -0.2) is 0 Å². The number of methoxy groups -OCH3 is 2. The number of hydrogen-bond acceptors (Lipinski definition) is 7. The zero-order valence-corrected chi connectivity index (χ0v) is 17.4. The van der Waals surface area contributed by atoms with Gasteiger partial charge >= 0.3 is 0 Å². The van der Waals surface area contributed by atoms with Crippen LogP contribution in [-0.2, 0) is 6.54 Å². The second kappa shape index (κ2) is 9.45. The lowest BCUT2D eigenvalue weighted by molar-refractivity contribution is -0.385. The minimum absolute atomic E-state index is 0.0743. The summed E-state index contributed by atoms with van der Waals surface area (Å²) in [5.41, 5.74) is 1.61. The monoisotopic (exact) mass is 414 g/mol. The second-order valence-corrected chi connectivity index (χ2v) is 7.08. The molecule has 1 aliphatic heterocycles. The summed E-state index contributed by atoms with van der Waals surface area (Å²) in [6, 6.07) is 10.4. The van der Waals surface area contributed by atoms with Crippen molar-refractivity contribution in [3.63, 3.8) is 0 Å². The van der Waals surface area contributed by atoms with E-state index in [1.807, 2.05) is 24.3 Å². The molecule has 0 spiro atoms. The Hall–Kier alpha value is -3.33. The van der Waals surface area contributed by atoms with Gasteiger partial charge in [-0.3, -0.25) is 14.9 Å². The molecule has 1 heterocycles. The molecule has 1 saturated heterocycles. The molecular weight excluding hydrogens is 388 g/mol. The maximum absolute atomic E-state index is 12.8. The zero-order chi connectivity index (χ0) is 21.7. The van der Waals surface area contributed by atoms with Crippen molar-refractivity contribution in [2.24, 2.45) is 0 Å². The quantitative estimate of drug-likeness (QED) is 0.548. The van der Waals surface area contributed by atoms with Crippen molar-refractivity contribution >= 4 is 17.3 Å². The maximum Gasteiger partial charge on any atom is 0.286 e. The Labute approximate surface area is 175 Å². The van der Waals surface area contributed by atoms with Crippen LogP contribution >= 0.6 is 0 Å². The highest BCUT2D eigenvalue weighted by Crippen LogP contribution is 2.34. The number of nitro benzene ring substituents is 1. The average molecular weight is 414 g/mol. The number of piperazine rings is 1. The number of nitrogens with zero attached hydrogens (tertiary/aromatic N) is 3. The minimum Gasteiger partial charge on any atom is -0.493 e. The Morgan fingerprint density at radius 3 is 2.37 bits per heavy atom. The van der Waals surface area contributed by atoms with Gasteiger partial charge in [0.1, 0.15) is 5.56 Å². The number of ether oxygens (including phenoxy) is 2. The topological polar surface area (TPSA) is 97.2 Å². The SMILES string of the molecule is COc1cc(C(=O)NCc2ccccc2N2CCN(C)CC2)c([N+](=O)[O-])cc1OC. The number of rotatable bonds is 7. The molecule has 9 heteroatoms. The number of para-hydroxylation sites is 1. The molecule has 160 valence electrons. The van der Waals surface area contributed by atoms with Crippen molar-refractivity contribution in [1.29, 1.82) is 0 Å². The molecule has 30 heavy (non-hydrogen) atoms. The Kier molecular flexibility index (Phi) is 6.73. The Bertz CT molecular complexity index is 926. The molecule has 1 N–H and O–H groups in total. The molecular formula is C21H26N4O5. The van der Waals surface area contributed by atoms with Gasteiger partial charge in [-0.2, -0.15) is 0 Å². The Balaban J connectivity index is 1.80. The van der Waals surface area contributed by atoms with Crippen molar-refractivity contribution < 1.29 is 19.2 Å². The van der Waals surface area contributed by atoms with E-state index in [1.165, 1.54) is 26.4 Å². The molecule has 1 amide bonds. The van der Waals surface area contributed by atoms with Crippen LogP contribution in [0.1, 0.15) is 15.9 Å². The summed E-state index contributed by atoms with van der Waals surface area (Å²) in [6.07, 6.45) is 0. The number of likely N-dealkylation sites (N-methyl/N-ethyl adjacent to an activating group) is 1. The van der Waals surface area contributed by atoms with Gasteiger partial charge in [0.15, 0.2) is 11.5 Å². The lowest BCUT2D eigenvalue weighted by Crippen LogP contribution is -2.45. The fraction of sp³-hybridized carbons (Fsp3) is 0.381. The van der Waals surface area contributed by atoms with Gasteiger partial charge in [0.2, 0.25) is 0 Å². The smallest absolute Gasteiger partial charge is 0.286 e. The van der Waals surface area contributed by atoms with Gasteiger partial charge in [-0.1, -0.05) is 18.2 Å². The minimum atomic E-state index is -0.602. The first-order valence-electron chi connectivity index (χ1n) is 9.64. The predicted molar refractivity (Wildman–Crippen MR) is 114 cm³/mol. The molecule has 0 aromatic heterocycles. The van der Waals surface area contributed by atoms with Crippen LogP contribution in [0.25, 0.3) is 0 Å². The van der Waals surface area contributed by atoms with Crippen LogP contribution in [0.4, 0.5) is 11.4 Å². The van der Waals surface area contributed by atoms with Crippen LogP contribution in [0.5, 0.6) is 11.5 Å². The second-order valence-electron chi connectivity index (χ2n) is 7.08. The Morgan fingerprint density at radius 1 is 1.10 bits per heavy atom. The molecule has 0 radical (unpaired) electrons. The number of benzene rings is 2. The van der Waals surface area contributed by atoms with Crippen molar-refractivity contribution in [2.45, 2.75) is 6.54 Å². The van der Waals surface area contributed by atoms with E-state index in [0.29, 0.717) is 0 Å². The summed E-state index contributed by atoms with van der Waals surface area (Å²) in [5.74, 6) is -0.0944. The van der Waals surface area contributed by atoms with Crippen LogP contribution < -0.4 is 19.7 Å². The van der Waals surface area contributed by atoms with E-state index in [9.17, 15) is 14.9 Å². The highest BCUT2D eigenvalue weighted by molar-refractivity contribution is 5.99. The molecule has 1 aliphatic rings. The first kappa shape index (κ1) is 21.4. The highest BCUT2D eigenvalue weighted by Gasteiger charge is 2.25. The number of nitrogens with one attached hydrogen (secondary N) is 1. The summed E-state index contributed by atoms with van der Waals surface area (Å²) >= 11 is 0. The number of amides is 1. The van der Waals surface area contributed by atoms with E-state index in [-0.39, 0.29) is 29.3 Å². The summed E-state index contributed by atoms with van der Waals surface area (Å²) < 4.78 is 10.3. The van der Waals surface area contributed by atoms with Crippen LogP contribution in [0.3, 0.4) is 0 Å². The molecule has 1 fully saturated rings. The number of carbonyl (C=O) groups excluding carboxylic acids is 1. The van der Waals surface area contributed by atoms with E-state index < -0.39 is 10.8 Å². The summed E-state index contributed by atoms with van der Waals surface area (Å²) in [6.45, 7) is 4.01. The van der Waals surface area contributed by atoms with Crippen LogP contribution in [0, 0.1) is 10.1 Å². The fourth-order valence-electron chi connectivity index (χ4n) is 3.49. The van der Waals surface area contributed by atoms with Gasteiger partial charge in [-0.15, -0.1) is 0 Å². The number of nitro groups is 1. The summed E-state index contributed by atoms with van der Waals surface area (Å²) in [5, 5.41) is 14.3. The number of carbonyl (C=O) groups is 1. The molecule has 2 aromatic carbocycles. The molecule has 0 aliphatic carbocycles. The third-order valence-corrected chi connectivity index (χ3v) is 5.22. The van der Waals surface area contributed by atoms with Gasteiger partial charge in [0.25, 0.3) is 11.6 Å². The van der Waals surface area contributed by atoms with Crippen LogP contribution in [-0.4, -0.2) is 63.2 Å². The zero-order valence-electron chi connectivity index (χ0n) is 17.4. The van der Waals surface area contributed by atoms with Crippen molar-refractivity contribution in [1.82, 2.24) is 10.2 Å². The van der Waals surface area contributed by atoms with Crippen LogP contribution in [0.2, 0.25) is 0 Å². The van der Waals surface area contributed by atoms with E-state index >= 15 is 0 Å². The molecule has 2 aromatic rings. The molecule has 0 atom stereocenters. The van der Waals surface area contributed by atoms with E-state index in [1.54, 1.807) is 0 Å². The van der Waals surface area contributed by atoms with Crippen molar-refractivity contribution in [3.05, 3.63) is 57.6 Å². The van der Waals surface area contributed by atoms with Crippen molar-refractivity contribution in [2.75, 3.05) is 52.3 Å². The largest absolute Gasteiger partial charge is 0.493 e. The third-order valence-electron chi connectivity index (χ3n) is 5.22. The molecule has 3 rings (SSSR count). The summed E-state index contributed by atoms with van der Waals surface area (Å²) in [7, 11) is 4.90. The Morgan fingerprint density at radius 2 is 1.73 bits per heavy atom. The fourth-order valence-corrected chi connectivity index (χ4v) is 3.49. The van der Waals surface area contributed by atoms with Gasteiger partial charge in [-0.05, 0) is 18.7 Å². The lowest BCUT2D eigenvalue weighted by Gasteiger charge is -2.35. The predicted octanol–water partition coefficient (Wildman–Crippen LogP) is 2.29. The molecule has 0 bridgehead atoms. The molecule has 9 nitrogen and oxygen atoms in total. The number of hydrogen-bond donors (Lipinski definition) is 1. The number of anilines is 1. The van der Waals surface area contributed by atoms with Crippen LogP contribution in [0.15, 0.2) is 36.4 Å². The molecule has 0 unspecified atom stereocenters. The van der Waals surface area contributed by atoms with Crippen molar-refractivity contribution in [3.8, 4) is 11.5 Å². The highest BCUT2D eigenvalue weighted by atomic mass is 16.6. The third kappa shape index (κ3) is 4.62. The first-order valence-corrected chi connectivity index (χ1v) is 9.64. The average Bonchev–Trinajstić information content (AvgIpc) is 2.77. The van der Waals surface area contributed by atoms with E-state index in [4.69, 9.17) is 9.47 Å². The molecule has 0 saturated carbocycles. The lowest BCUT2D eigenvalue weighted by atomic mass is 10.1. The van der Waals surface area contributed by atoms with E-state index in [2.05, 4.69) is 22.2 Å². The van der Waals surface area contributed by atoms with Gasteiger partial charge < -0.3 is 24.6 Å². The normalized spacial score (nSPS) is 14.3. The van der Waals surface area contributed by atoms with Gasteiger partial charge in [0, 0.05) is 44.5 Å². The standard InChI is InChI=1S/C21H26N4O5/c1-23-8-10-24(11-9-23)17-7-5-4-6-15(17)14-22-21(26)16-12-19(29-2)20(30-3)13-18(16)25(27)28/h4-7,12-13H,8-11,14H2,1-3H3,(H,22,26). The maximum atomic E-state index is 12.8. The van der Waals surface area contributed by atoms with E-state index in [0.717, 1.165) is 37.4 Å².